The third-order valence-electron chi connectivity index (χ3n) is 2.24. The van der Waals surface area contributed by atoms with E-state index in [1.54, 1.807) is 0 Å². The van der Waals surface area contributed by atoms with Crippen LogP contribution in [-0.4, -0.2) is 39.9 Å². The minimum Gasteiger partial charge on any atom is -0.381 e. The third kappa shape index (κ3) is 4.04. The predicted octanol–water partition coefficient (Wildman–Crippen LogP) is 0.222. The zero-order valence-electron chi connectivity index (χ0n) is 7.94. The van der Waals surface area contributed by atoms with E-state index in [0.717, 1.165) is 38.8 Å². The van der Waals surface area contributed by atoms with Gasteiger partial charge in [-0.1, -0.05) is 0 Å². The second-order valence-electron chi connectivity index (χ2n) is 3.39. The normalized spacial score (nSPS) is 24.2. The van der Waals surface area contributed by atoms with Gasteiger partial charge < -0.3 is 15.4 Å². The maximum atomic E-state index is 5.38. The third-order valence-corrected chi connectivity index (χ3v) is 2.24. The zero-order valence-corrected chi connectivity index (χ0v) is 7.94. The molecule has 0 saturated carbocycles. The molecule has 12 heavy (non-hydrogen) atoms. The Labute approximate surface area is 74.9 Å². The maximum absolute atomic E-state index is 5.38. The second-order valence-corrected chi connectivity index (χ2v) is 3.39. The van der Waals surface area contributed by atoms with Crippen LogP contribution in [0.1, 0.15) is 12.8 Å². The first-order valence-corrected chi connectivity index (χ1v) is 4.86. The van der Waals surface area contributed by atoms with E-state index >= 15 is 0 Å². The Bertz CT molecular complexity index is 103. The molecule has 1 saturated heterocycles. The van der Waals surface area contributed by atoms with Gasteiger partial charge in [0.05, 0.1) is 6.61 Å². The average molecular weight is 172 g/mol. The highest BCUT2D eigenvalue weighted by atomic mass is 16.5. The molecule has 0 radical (unpaired) electrons. The van der Waals surface area contributed by atoms with Crippen LogP contribution in [0.3, 0.4) is 0 Å². The monoisotopic (exact) mass is 172 g/mol. The summed E-state index contributed by atoms with van der Waals surface area (Å²) in [4.78, 5) is 0. The van der Waals surface area contributed by atoms with Crippen LogP contribution in [0.4, 0.5) is 0 Å². The van der Waals surface area contributed by atoms with E-state index in [9.17, 15) is 0 Å². The lowest BCUT2D eigenvalue weighted by molar-refractivity contribution is 0.0550. The van der Waals surface area contributed by atoms with Gasteiger partial charge in [-0.2, -0.15) is 0 Å². The van der Waals surface area contributed by atoms with Gasteiger partial charge in [0.25, 0.3) is 0 Å². The van der Waals surface area contributed by atoms with Gasteiger partial charge in [-0.15, -0.1) is 0 Å². The van der Waals surface area contributed by atoms with Crippen molar-refractivity contribution in [3.8, 4) is 0 Å². The van der Waals surface area contributed by atoms with Crippen molar-refractivity contribution in [3.05, 3.63) is 0 Å². The highest BCUT2D eigenvalue weighted by Crippen LogP contribution is 2.11. The lowest BCUT2D eigenvalue weighted by atomic mass is 10.0. The van der Waals surface area contributed by atoms with E-state index < -0.39 is 0 Å². The highest BCUT2D eigenvalue weighted by Gasteiger charge is 2.12. The molecule has 0 amide bonds. The van der Waals surface area contributed by atoms with Crippen molar-refractivity contribution in [3.63, 3.8) is 0 Å². The quantitative estimate of drug-likeness (QED) is 0.582. The van der Waals surface area contributed by atoms with Crippen molar-refractivity contribution in [1.82, 2.24) is 10.6 Å². The summed E-state index contributed by atoms with van der Waals surface area (Å²) >= 11 is 0. The number of nitrogens with one attached hydrogen (secondary N) is 2. The minimum atomic E-state index is 0.746. The molecule has 1 aliphatic rings. The van der Waals surface area contributed by atoms with E-state index in [0.29, 0.717) is 0 Å². The van der Waals surface area contributed by atoms with Gasteiger partial charge in [-0.3, -0.25) is 0 Å². The minimum absolute atomic E-state index is 0.746. The standard InChI is InChI=1S/C9H20N2O/c1-10-4-5-11-7-9-3-2-6-12-8-9/h9-11H,2-8H2,1H3. The number of hydrogen-bond acceptors (Lipinski definition) is 3. The molecule has 1 rings (SSSR count). The van der Waals surface area contributed by atoms with Crippen molar-refractivity contribution in [1.29, 1.82) is 0 Å². The molecular formula is C9H20N2O. The molecule has 72 valence electrons. The Morgan fingerprint density at radius 3 is 3.00 bits per heavy atom. The van der Waals surface area contributed by atoms with Crippen LogP contribution < -0.4 is 10.6 Å². The summed E-state index contributed by atoms with van der Waals surface area (Å²) in [5, 5.41) is 6.53. The van der Waals surface area contributed by atoms with Crippen LogP contribution >= 0.6 is 0 Å². The summed E-state index contributed by atoms with van der Waals surface area (Å²) in [7, 11) is 1.98. The van der Waals surface area contributed by atoms with Crippen LogP contribution in [0.2, 0.25) is 0 Å². The Morgan fingerprint density at radius 2 is 2.33 bits per heavy atom. The molecule has 1 aliphatic heterocycles. The first kappa shape index (κ1) is 9.96. The van der Waals surface area contributed by atoms with Gasteiger partial charge in [0, 0.05) is 26.2 Å². The Morgan fingerprint density at radius 1 is 1.42 bits per heavy atom. The van der Waals surface area contributed by atoms with Crippen LogP contribution in [0.5, 0.6) is 0 Å². The number of hydrogen-bond donors (Lipinski definition) is 2. The lowest BCUT2D eigenvalue weighted by Crippen LogP contribution is -2.32. The molecule has 1 heterocycles. The lowest BCUT2D eigenvalue weighted by Gasteiger charge is -2.22. The maximum Gasteiger partial charge on any atom is 0.0506 e. The fourth-order valence-corrected chi connectivity index (χ4v) is 1.49. The molecular weight excluding hydrogens is 152 g/mol. The van der Waals surface area contributed by atoms with Crippen LogP contribution in [0.15, 0.2) is 0 Å². The van der Waals surface area contributed by atoms with E-state index in [2.05, 4.69) is 10.6 Å². The molecule has 3 heteroatoms. The van der Waals surface area contributed by atoms with Crippen molar-refractivity contribution >= 4 is 0 Å². The number of rotatable bonds is 5. The summed E-state index contributed by atoms with van der Waals surface area (Å²) in [5.41, 5.74) is 0. The predicted molar refractivity (Wildman–Crippen MR) is 50.3 cm³/mol. The molecule has 1 unspecified atom stereocenters. The molecule has 1 atom stereocenters. The number of likely N-dealkylation sites (N-methyl/N-ethyl adjacent to an activating group) is 1. The van der Waals surface area contributed by atoms with Crippen molar-refractivity contribution in [2.45, 2.75) is 12.8 Å². The molecule has 0 aromatic carbocycles. The van der Waals surface area contributed by atoms with E-state index in [1.807, 2.05) is 7.05 Å². The molecule has 1 fully saturated rings. The van der Waals surface area contributed by atoms with Gasteiger partial charge in [0.1, 0.15) is 0 Å². The van der Waals surface area contributed by atoms with E-state index in [4.69, 9.17) is 4.74 Å². The average Bonchev–Trinajstić information content (AvgIpc) is 2.14. The molecule has 0 aromatic rings. The van der Waals surface area contributed by atoms with E-state index in [-0.39, 0.29) is 0 Å². The fraction of sp³-hybridized carbons (Fsp3) is 1.00. The van der Waals surface area contributed by atoms with E-state index in [1.165, 1.54) is 12.8 Å². The summed E-state index contributed by atoms with van der Waals surface area (Å²) < 4.78 is 5.38. The molecule has 0 aromatic heterocycles. The molecule has 3 nitrogen and oxygen atoms in total. The summed E-state index contributed by atoms with van der Waals surface area (Å²) in [6.07, 6.45) is 2.56. The molecule has 0 spiro atoms. The molecule has 0 aliphatic carbocycles. The van der Waals surface area contributed by atoms with Gasteiger partial charge in [-0.25, -0.2) is 0 Å². The van der Waals surface area contributed by atoms with Crippen molar-refractivity contribution in [2.75, 3.05) is 39.9 Å². The highest BCUT2D eigenvalue weighted by molar-refractivity contribution is 4.65. The van der Waals surface area contributed by atoms with Gasteiger partial charge in [0.15, 0.2) is 0 Å². The zero-order chi connectivity index (χ0) is 8.65. The smallest absolute Gasteiger partial charge is 0.0506 e. The molecule has 0 bridgehead atoms. The van der Waals surface area contributed by atoms with Gasteiger partial charge in [-0.05, 0) is 25.8 Å². The summed E-state index contributed by atoms with van der Waals surface area (Å²) in [5.74, 6) is 0.746. The first-order chi connectivity index (χ1) is 5.93. The van der Waals surface area contributed by atoms with Crippen LogP contribution in [0.25, 0.3) is 0 Å². The Balaban J connectivity index is 1.91. The Hall–Kier alpha value is -0.120. The fourth-order valence-electron chi connectivity index (χ4n) is 1.49. The van der Waals surface area contributed by atoms with Gasteiger partial charge >= 0.3 is 0 Å². The Kier molecular flexibility index (Phi) is 5.32. The SMILES string of the molecule is CNCCNCC1CCCOC1. The van der Waals surface area contributed by atoms with Crippen molar-refractivity contribution < 1.29 is 4.74 Å². The molecule has 2 N–H and O–H groups in total. The summed E-state index contributed by atoms with van der Waals surface area (Å²) in [6.45, 7) is 5.14. The van der Waals surface area contributed by atoms with Crippen LogP contribution in [0, 0.1) is 5.92 Å². The van der Waals surface area contributed by atoms with Crippen molar-refractivity contribution in [2.24, 2.45) is 5.92 Å². The largest absolute Gasteiger partial charge is 0.381 e. The van der Waals surface area contributed by atoms with Crippen LogP contribution in [-0.2, 0) is 4.74 Å². The second kappa shape index (κ2) is 6.40. The van der Waals surface area contributed by atoms with Gasteiger partial charge in [0.2, 0.25) is 0 Å². The summed E-state index contributed by atoms with van der Waals surface area (Å²) in [6, 6.07) is 0. The first-order valence-electron chi connectivity index (χ1n) is 4.86. The topological polar surface area (TPSA) is 33.3 Å². The number of ether oxygens (including phenoxy) is 1.